The van der Waals surface area contributed by atoms with Crippen LogP contribution in [0.1, 0.15) is 11.1 Å². The largest absolute Gasteiger partial charge is 0.495 e. The molecule has 3 rings (SSSR count). The Morgan fingerprint density at radius 2 is 1.70 bits per heavy atom. The van der Waals surface area contributed by atoms with Gasteiger partial charge in [-0.15, -0.1) is 0 Å². The highest BCUT2D eigenvalue weighted by atomic mass is 32.2. The van der Waals surface area contributed by atoms with Crippen LogP contribution in [0, 0.1) is 13.8 Å². The van der Waals surface area contributed by atoms with E-state index in [4.69, 9.17) is 4.74 Å². The lowest BCUT2D eigenvalue weighted by Crippen LogP contribution is -2.14. The minimum atomic E-state index is -3.79. The van der Waals surface area contributed by atoms with Crippen LogP contribution in [0.2, 0.25) is 0 Å². The van der Waals surface area contributed by atoms with Crippen molar-refractivity contribution in [3.8, 4) is 5.75 Å². The van der Waals surface area contributed by atoms with Gasteiger partial charge in [0.15, 0.2) is 0 Å². The van der Waals surface area contributed by atoms with Crippen molar-refractivity contribution in [1.29, 1.82) is 0 Å². The lowest BCUT2D eigenvalue weighted by atomic mass is 10.2. The van der Waals surface area contributed by atoms with Crippen molar-refractivity contribution in [1.82, 2.24) is 4.98 Å². The molecule has 0 saturated carbocycles. The van der Waals surface area contributed by atoms with Crippen LogP contribution < -0.4 is 14.8 Å². The number of nitrogens with one attached hydrogen (secondary N) is 2. The number of aromatic nitrogens is 1. The molecule has 0 aliphatic rings. The third-order valence-electron chi connectivity index (χ3n) is 3.91. The molecule has 0 unspecified atom stereocenters. The normalized spacial score (nSPS) is 11.1. The Morgan fingerprint density at radius 1 is 0.926 bits per heavy atom. The van der Waals surface area contributed by atoms with Crippen LogP contribution in [0.25, 0.3) is 0 Å². The van der Waals surface area contributed by atoms with Crippen LogP contribution in [0.3, 0.4) is 0 Å². The number of aryl methyl sites for hydroxylation is 2. The number of rotatable bonds is 6. The van der Waals surface area contributed by atoms with Crippen molar-refractivity contribution >= 4 is 27.2 Å². The zero-order valence-corrected chi connectivity index (χ0v) is 16.2. The average Bonchev–Trinajstić information content (AvgIpc) is 2.63. The SMILES string of the molecule is COc1ccc(C)cc1S(=O)(=O)Nc1ccc(Nc2cccc(C)c2)nc1. The van der Waals surface area contributed by atoms with Crippen molar-refractivity contribution in [3.63, 3.8) is 0 Å². The Morgan fingerprint density at radius 3 is 2.37 bits per heavy atom. The highest BCUT2D eigenvalue weighted by Gasteiger charge is 2.20. The molecule has 0 bridgehead atoms. The molecule has 2 aromatic carbocycles. The summed E-state index contributed by atoms with van der Waals surface area (Å²) >= 11 is 0. The van der Waals surface area contributed by atoms with Gasteiger partial charge in [0.05, 0.1) is 19.0 Å². The lowest BCUT2D eigenvalue weighted by Gasteiger charge is -2.12. The van der Waals surface area contributed by atoms with E-state index in [0.717, 1.165) is 16.8 Å². The molecule has 0 atom stereocenters. The average molecular weight is 383 g/mol. The fourth-order valence-electron chi connectivity index (χ4n) is 2.60. The molecule has 27 heavy (non-hydrogen) atoms. The van der Waals surface area contributed by atoms with Gasteiger partial charge in [-0.3, -0.25) is 4.72 Å². The Balaban J connectivity index is 1.79. The number of methoxy groups -OCH3 is 1. The van der Waals surface area contributed by atoms with Crippen LogP contribution in [0.15, 0.2) is 65.7 Å². The molecule has 0 radical (unpaired) electrons. The Hall–Kier alpha value is -3.06. The van der Waals surface area contributed by atoms with E-state index >= 15 is 0 Å². The minimum Gasteiger partial charge on any atom is -0.495 e. The van der Waals surface area contributed by atoms with E-state index in [0.29, 0.717) is 17.3 Å². The summed E-state index contributed by atoms with van der Waals surface area (Å²) in [5.74, 6) is 0.912. The maximum absolute atomic E-state index is 12.7. The van der Waals surface area contributed by atoms with Crippen molar-refractivity contribution in [3.05, 3.63) is 71.9 Å². The maximum atomic E-state index is 12.7. The molecular weight excluding hydrogens is 362 g/mol. The second-order valence-electron chi connectivity index (χ2n) is 6.19. The summed E-state index contributed by atoms with van der Waals surface area (Å²) in [5, 5.41) is 3.18. The Labute approximate surface area is 159 Å². The van der Waals surface area contributed by atoms with Gasteiger partial charge in [-0.2, -0.15) is 0 Å². The van der Waals surface area contributed by atoms with Crippen molar-refractivity contribution in [2.24, 2.45) is 0 Å². The standard InChI is InChI=1S/C20H21N3O3S/c1-14-5-4-6-16(11-14)22-20-10-8-17(13-21-20)23-27(24,25)19-12-15(2)7-9-18(19)26-3/h4-13,23H,1-3H3,(H,21,22). The first-order chi connectivity index (χ1) is 12.9. The van der Waals surface area contributed by atoms with Gasteiger partial charge in [-0.1, -0.05) is 18.2 Å². The highest BCUT2D eigenvalue weighted by molar-refractivity contribution is 7.92. The molecule has 0 spiro atoms. The van der Waals surface area contributed by atoms with E-state index in [1.807, 2.05) is 38.1 Å². The smallest absolute Gasteiger partial charge is 0.265 e. The zero-order valence-electron chi connectivity index (χ0n) is 15.4. The molecule has 2 N–H and O–H groups in total. The lowest BCUT2D eigenvalue weighted by molar-refractivity contribution is 0.402. The monoisotopic (exact) mass is 383 g/mol. The van der Waals surface area contributed by atoms with E-state index in [-0.39, 0.29) is 4.90 Å². The van der Waals surface area contributed by atoms with Gasteiger partial charge >= 0.3 is 0 Å². The van der Waals surface area contributed by atoms with E-state index in [2.05, 4.69) is 15.0 Å². The van der Waals surface area contributed by atoms with Crippen LogP contribution in [0.4, 0.5) is 17.2 Å². The zero-order chi connectivity index (χ0) is 19.4. The van der Waals surface area contributed by atoms with Crippen LogP contribution >= 0.6 is 0 Å². The molecular formula is C20H21N3O3S. The number of hydrogen-bond donors (Lipinski definition) is 2. The summed E-state index contributed by atoms with van der Waals surface area (Å²) in [6, 6.07) is 16.3. The van der Waals surface area contributed by atoms with Crippen LogP contribution in [0.5, 0.6) is 5.75 Å². The molecule has 7 heteroatoms. The van der Waals surface area contributed by atoms with Crippen LogP contribution in [-0.2, 0) is 10.0 Å². The van der Waals surface area contributed by atoms with Gasteiger partial charge in [-0.25, -0.2) is 13.4 Å². The van der Waals surface area contributed by atoms with Gasteiger partial charge in [0.2, 0.25) is 0 Å². The maximum Gasteiger partial charge on any atom is 0.265 e. The molecule has 1 heterocycles. The fraction of sp³-hybridized carbons (Fsp3) is 0.150. The van der Waals surface area contributed by atoms with Gasteiger partial charge in [0, 0.05) is 5.69 Å². The van der Waals surface area contributed by atoms with Crippen LogP contribution in [-0.4, -0.2) is 20.5 Å². The molecule has 140 valence electrons. The summed E-state index contributed by atoms with van der Waals surface area (Å²) in [5.41, 5.74) is 3.25. The van der Waals surface area contributed by atoms with Crippen molar-refractivity contribution in [2.45, 2.75) is 18.7 Å². The molecule has 1 aromatic heterocycles. The predicted octanol–water partition coefficient (Wildman–Crippen LogP) is 4.25. The molecule has 0 aliphatic heterocycles. The molecule has 0 aliphatic carbocycles. The number of nitrogens with zero attached hydrogens (tertiary/aromatic N) is 1. The topological polar surface area (TPSA) is 80.3 Å². The first kappa shape index (κ1) is 18.7. The minimum absolute atomic E-state index is 0.0898. The third kappa shape index (κ3) is 4.57. The Kier molecular flexibility index (Phi) is 5.32. The first-order valence-corrected chi connectivity index (χ1v) is 9.83. The van der Waals surface area contributed by atoms with E-state index in [9.17, 15) is 8.42 Å². The molecule has 3 aromatic rings. The fourth-order valence-corrected chi connectivity index (χ4v) is 3.90. The number of pyridine rings is 1. The summed E-state index contributed by atoms with van der Waals surface area (Å²) in [6.07, 6.45) is 1.47. The van der Waals surface area contributed by atoms with Gasteiger partial charge in [0.25, 0.3) is 10.0 Å². The first-order valence-electron chi connectivity index (χ1n) is 8.34. The number of hydrogen-bond acceptors (Lipinski definition) is 5. The van der Waals surface area contributed by atoms with Crippen molar-refractivity contribution in [2.75, 3.05) is 17.1 Å². The third-order valence-corrected chi connectivity index (χ3v) is 5.32. The number of benzene rings is 2. The van der Waals surface area contributed by atoms with E-state index in [1.165, 1.54) is 13.3 Å². The summed E-state index contributed by atoms with van der Waals surface area (Å²) in [7, 11) is -2.35. The summed E-state index contributed by atoms with van der Waals surface area (Å²) in [4.78, 5) is 4.36. The molecule has 6 nitrogen and oxygen atoms in total. The predicted molar refractivity (Wildman–Crippen MR) is 107 cm³/mol. The van der Waals surface area contributed by atoms with E-state index < -0.39 is 10.0 Å². The van der Waals surface area contributed by atoms with Gasteiger partial charge in [-0.05, 0) is 61.4 Å². The second-order valence-corrected chi connectivity index (χ2v) is 7.84. The van der Waals surface area contributed by atoms with E-state index in [1.54, 1.807) is 30.3 Å². The molecule has 0 fully saturated rings. The number of ether oxygens (including phenoxy) is 1. The summed E-state index contributed by atoms with van der Waals surface area (Å²) < 4.78 is 33.1. The summed E-state index contributed by atoms with van der Waals surface area (Å²) in [6.45, 7) is 3.84. The van der Waals surface area contributed by atoms with Gasteiger partial charge in [0.1, 0.15) is 16.5 Å². The quantitative estimate of drug-likeness (QED) is 0.665. The Bertz CT molecular complexity index is 1050. The van der Waals surface area contributed by atoms with Crippen molar-refractivity contribution < 1.29 is 13.2 Å². The number of sulfonamides is 1. The number of anilines is 3. The highest BCUT2D eigenvalue weighted by Crippen LogP contribution is 2.27. The molecule has 0 amide bonds. The second kappa shape index (κ2) is 7.67. The van der Waals surface area contributed by atoms with Gasteiger partial charge < -0.3 is 10.1 Å². The molecule has 0 saturated heterocycles.